The molecule has 3 atom stereocenters. The second kappa shape index (κ2) is 9.61. The van der Waals surface area contributed by atoms with Crippen LogP contribution < -0.4 is 15.1 Å². The number of aromatic nitrogens is 1. The number of imide groups is 1. The zero-order valence-corrected chi connectivity index (χ0v) is 22.3. The summed E-state index contributed by atoms with van der Waals surface area (Å²) in [5, 5.41) is 3.01. The van der Waals surface area contributed by atoms with Crippen LogP contribution in [0.25, 0.3) is 0 Å². The van der Waals surface area contributed by atoms with E-state index in [-0.39, 0.29) is 29.1 Å². The molecule has 4 heterocycles. The van der Waals surface area contributed by atoms with Crippen molar-refractivity contribution in [3.63, 3.8) is 0 Å². The smallest absolute Gasteiger partial charge is 0.308 e. The lowest BCUT2D eigenvalue weighted by atomic mass is 9.87. The van der Waals surface area contributed by atoms with Gasteiger partial charge in [-0.3, -0.25) is 23.7 Å². The van der Waals surface area contributed by atoms with Crippen molar-refractivity contribution in [3.8, 4) is 0 Å². The van der Waals surface area contributed by atoms with E-state index in [1.54, 1.807) is 48.5 Å². The summed E-state index contributed by atoms with van der Waals surface area (Å²) >= 11 is 8.14. The molecule has 8 nitrogen and oxygen atoms in total. The molecule has 1 saturated heterocycles. The molecule has 2 aliphatic rings. The van der Waals surface area contributed by atoms with Crippen molar-refractivity contribution in [2.75, 3.05) is 10.2 Å². The fourth-order valence-electron chi connectivity index (χ4n) is 4.86. The highest BCUT2D eigenvalue weighted by atomic mass is 35.5. The minimum atomic E-state index is -0.791. The topological polar surface area (TPSA) is 102 Å². The first-order valence-corrected chi connectivity index (χ1v) is 13.8. The van der Waals surface area contributed by atoms with E-state index in [0.29, 0.717) is 32.1 Å². The molecule has 0 bridgehead atoms. The quantitative estimate of drug-likeness (QED) is 0.345. The van der Waals surface area contributed by atoms with Crippen LogP contribution in [0.2, 0.25) is 5.02 Å². The van der Waals surface area contributed by atoms with Gasteiger partial charge >= 0.3 is 4.87 Å². The Balaban J connectivity index is 1.38. The Morgan fingerprint density at radius 1 is 1.03 bits per heavy atom. The number of thiazole rings is 1. The van der Waals surface area contributed by atoms with Crippen LogP contribution in [-0.4, -0.2) is 27.5 Å². The number of hydrogen-bond donors (Lipinski definition) is 1. The maximum atomic E-state index is 13.7. The minimum absolute atomic E-state index is 0.225. The van der Waals surface area contributed by atoms with Crippen molar-refractivity contribution >= 4 is 63.8 Å². The molecule has 11 heteroatoms. The van der Waals surface area contributed by atoms with Gasteiger partial charge in [-0.05, 0) is 55.5 Å². The molecule has 1 N–H and O–H groups in total. The number of nitrogens with zero attached hydrogens (tertiary/aromatic N) is 2. The van der Waals surface area contributed by atoms with Crippen LogP contribution in [0.5, 0.6) is 0 Å². The zero-order chi connectivity index (χ0) is 26.6. The van der Waals surface area contributed by atoms with Crippen LogP contribution in [0.1, 0.15) is 22.1 Å². The molecule has 2 aromatic heterocycles. The number of nitrogens with one attached hydrogen (secondary N) is 1. The third kappa shape index (κ3) is 4.18. The number of fused-ring (bicyclic) bond motifs is 2. The number of anilines is 2. The standard InChI is InChI=1S/C27H20ClN3O5S2/c1-14-4-8-16(9-5-14)29-19(32)13-30-26-23(38-27(30)35)20(18-3-2-12-36-18)21-22(37-26)25(34)31(24(21)33)17-10-6-15(28)7-11-17/h2-12,20-22H,13H2,1H3,(H,29,32)/t20-,21?,22?/m1/s1. The SMILES string of the molecule is Cc1ccc(NC(=O)Cn2c3c(sc2=O)[C@H](c2ccco2)C2C(=O)N(c4ccc(Cl)cc4)C(=O)C2S3)cc1. The highest BCUT2D eigenvalue weighted by Gasteiger charge is 2.57. The number of carbonyl (C=O) groups is 3. The summed E-state index contributed by atoms with van der Waals surface area (Å²) in [5.41, 5.74) is 2.11. The summed E-state index contributed by atoms with van der Waals surface area (Å²) in [5.74, 6) is -2.05. The van der Waals surface area contributed by atoms with Crippen LogP contribution in [0, 0.1) is 12.8 Å². The van der Waals surface area contributed by atoms with Crippen LogP contribution in [0.15, 0.2) is 81.2 Å². The highest BCUT2D eigenvalue weighted by Crippen LogP contribution is 2.53. The van der Waals surface area contributed by atoms with E-state index >= 15 is 0 Å². The average Bonchev–Trinajstić information content (AvgIpc) is 3.59. The molecule has 192 valence electrons. The first-order valence-electron chi connectivity index (χ1n) is 11.8. The van der Waals surface area contributed by atoms with Gasteiger partial charge in [0, 0.05) is 10.7 Å². The number of benzene rings is 2. The van der Waals surface area contributed by atoms with Crippen molar-refractivity contribution in [1.82, 2.24) is 4.57 Å². The number of hydrogen-bond acceptors (Lipinski definition) is 7. The number of amides is 3. The Kier molecular flexibility index (Phi) is 6.25. The Morgan fingerprint density at radius 3 is 2.45 bits per heavy atom. The van der Waals surface area contributed by atoms with E-state index in [1.165, 1.54) is 15.7 Å². The number of carbonyl (C=O) groups excluding carboxylic acids is 3. The second-order valence-corrected chi connectivity index (χ2v) is 11.6. The lowest BCUT2D eigenvalue weighted by Crippen LogP contribution is -2.32. The summed E-state index contributed by atoms with van der Waals surface area (Å²) in [7, 11) is 0. The van der Waals surface area contributed by atoms with Gasteiger partial charge in [-0.2, -0.15) is 0 Å². The first-order chi connectivity index (χ1) is 18.3. The van der Waals surface area contributed by atoms with Crippen LogP contribution in [0.3, 0.4) is 0 Å². The van der Waals surface area contributed by atoms with Gasteiger partial charge in [0.1, 0.15) is 17.6 Å². The lowest BCUT2D eigenvalue weighted by molar-refractivity contribution is -0.122. The van der Waals surface area contributed by atoms with Gasteiger partial charge in [-0.15, -0.1) is 0 Å². The van der Waals surface area contributed by atoms with Crippen molar-refractivity contribution in [2.45, 2.75) is 29.7 Å². The van der Waals surface area contributed by atoms with E-state index in [1.807, 2.05) is 19.1 Å². The Bertz CT molecular complexity index is 1610. The van der Waals surface area contributed by atoms with Crippen molar-refractivity contribution in [3.05, 3.63) is 97.8 Å². The van der Waals surface area contributed by atoms with Gasteiger partial charge in [-0.25, -0.2) is 4.90 Å². The van der Waals surface area contributed by atoms with Gasteiger partial charge in [0.15, 0.2) is 0 Å². The van der Waals surface area contributed by atoms with Crippen LogP contribution in [-0.2, 0) is 20.9 Å². The molecule has 3 amide bonds. The zero-order valence-electron chi connectivity index (χ0n) is 19.9. The van der Waals surface area contributed by atoms with E-state index < -0.39 is 17.1 Å². The average molecular weight is 566 g/mol. The second-order valence-electron chi connectivity index (χ2n) is 9.08. The number of aryl methyl sites for hydroxylation is 1. The van der Waals surface area contributed by atoms with E-state index in [4.69, 9.17) is 16.0 Å². The molecule has 0 saturated carbocycles. The van der Waals surface area contributed by atoms with Crippen molar-refractivity contribution in [1.29, 1.82) is 0 Å². The number of rotatable bonds is 5. The fraction of sp³-hybridized carbons (Fsp3) is 0.185. The Hall–Kier alpha value is -3.60. The van der Waals surface area contributed by atoms with E-state index in [2.05, 4.69) is 5.32 Å². The predicted molar refractivity (Wildman–Crippen MR) is 146 cm³/mol. The van der Waals surface area contributed by atoms with Crippen molar-refractivity contribution in [2.24, 2.45) is 5.92 Å². The third-order valence-electron chi connectivity index (χ3n) is 6.62. The summed E-state index contributed by atoms with van der Waals surface area (Å²) < 4.78 is 7.08. The van der Waals surface area contributed by atoms with Gasteiger partial charge in [0.05, 0.1) is 33.7 Å². The number of furan rings is 1. The van der Waals surface area contributed by atoms with Crippen molar-refractivity contribution < 1.29 is 18.8 Å². The maximum absolute atomic E-state index is 13.7. The number of halogens is 1. The van der Waals surface area contributed by atoms with Crippen LogP contribution in [0.4, 0.5) is 11.4 Å². The first kappa shape index (κ1) is 24.7. The summed E-state index contributed by atoms with van der Waals surface area (Å²) in [6, 6.07) is 17.3. The third-order valence-corrected chi connectivity index (χ3v) is 9.48. The fourth-order valence-corrected chi connectivity index (χ4v) is 7.74. The normalized spacial score (nSPS) is 20.4. The van der Waals surface area contributed by atoms with E-state index in [9.17, 15) is 19.2 Å². The Labute approximate surface area is 230 Å². The number of thioether (sulfide) groups is 1. The molecule has 2 unspecified atom stereocenters. The maximum Gasteiger partial charge on any atom is 0.308 e. The highest BCUT2D eigenvalue weighted by molar-refractivity contribution is 8.00. The molecular formula is C27H20ClN3O5S2. The summed E-state index contributed by atoms with van der Waals surface area (Å²) in [6.07, 6.45) is 1.50. The molecule has 2 aromatic carbocycles. The summed E-state index contributed by atoms with van der Waals surface area (Å²) in [4.78, 5) is 54.8. The van der Waals surface area contributed by atoms with Crippen LogP contribution >= 0.6 is 34.7 Å². The van der Waals surface area contributed by atoms with Gasteiger partial charge < -0.3 is 9.73 Å². The lowest BCUT2D eigenvalue weighted by Gasteiger charge is -2.29. The molecular weight excluding hydrogens is 546 g/mol. The molecule has 1 fully saturated rings. The molecule has 38 heavy (non-hydrogen) atoms. The molecule has 6 rings (SSSR count). The molecule has 4 aromatic rings. The molecule has 0 aliphatic carbocycles. The van der Waals surface area contributed by atoms with Gasteiger partial charge in [-0.1, -0.05) is 52.4 Å². The van der Waals surface area contributed by atoms with Gasteiger partial charge in [0.25, 0.3) is 0 Å². The minimum Gasteiger partial charge on any atom is -0.469 e. The molecule has 0 radical (unpaired) electrons. The summed E-state index contributed by atoms with van der Waals surface area (Å²) in [6.45, 7) is 1.72. The largest absolute Gasteiger partial charge is 0.469 e. The van der Waals surface area contributed by atoms with Gasteiger partial charge in [0.2, 0.25) is 17.7 Å². The predicted octanol–water partition coefficient (Wildman–Crippen LogP) is 4.90. The Morgan fingerprint density at radius 2 is 1.76 bits per heavy atom. The molecule has 2 aliphatic heterocycles. The van der Waals surface area contributed by atoms with E-state index in [0.717, 1.165) is 28.7 Å². The molecule has 0 spiro atoms. The monoisotopic (exact) mass is 565 g/mol.